The maximum atomic E-state index is 14.2. The van der Waals surface area contributed by atoms with Crippen molar-refractivity contribution in [3.63, 3.8) is 0 Å². The van der Waals surface area contributed by atoms with Crippen molar-refractivity contribution in [1.82, 2.24) is 9.71 Å². The minimum atomic E-state index is -4.24. The highest BCUT2D eigenvalue weighted by molar-refractivity contribution is 7.90. The van der Waals surface area contributed by atoms with E-state index in [1.54, 1.807) is 36.4 Å². The van der Waals surface area contributed by atoms with Gasteiger partial charge in [-0.3, -0.25) is 4.79 Å². The summed E-state index contributed by atoms with van der Waals surface area (Å²) in [6, 6.07) is 18.5. The third kappa shape index (κ3) is 7.24. The van der Waals surface area contributed by atoms with E-state index in [0.717, 1.165) is 11.1 Å². The number of halogens is 5. The maximum absolute atomic E-state index is 14.2. The van der Waals surface area contributed by atoms with Gasteiger partial charge in [-0.25, -0.2) is 22.5 Å². The zero-order chi connectivity index (χ0) is 27.4. The second kappa shape index (κ2) is 12.0. The summed E-state index contributed by atoms with van der Waals surface area (Å²) in [4.78, 5) is 16.9. The first-order valence-electron chi connectivity index (χ1n) is 11.2. The summed E-state index contributed by atoms with van der Waals surface area (Å²) in [7, 11) is -4.24. The van der Waals surface area contributed by atoms with Crippen molar-refractivity contribution >= 4 is 62.3 Å². The Labute approximate surface area is 239 Å². The second-order valence-corrected chi connectivity index (χ2v) is 11.8. The predicted octanol–water partition coefficient (Wildman–Crippen LogP) is 7.33. The largest absolute Gasteiger partial charge is 0.283 e. The lowest BCUT2D eigenvalue weighted by Crippen LogP contribution is -2.31. The number of benzene rings is 3. The Hall–Kier alpha value is -2.68. The van der Waals surface area contributed by atoms with Crippen LogP contribution < -0.4 is 4.72 Å². The molecule has 1 amide bonds. The van der Waals surface area contributed by atoms with Crippen LogP contribution in [0.5, 0.6) is 0 Å². The maximum Gasteiger partial charge on any atom is 0.283 e. The third-order valence-corrected chi connectivity index (χ3v) is 7.85. The van der Waals surface area contributed by atoms with Crippen LogP contribution in [0.4, 0.5) is 4.39 Å². The molecular weight excluding hydrogens is 593 g/mol. The van der Waals surface area contributed by atoms with Crippen molar-refractivity contribution in [3.8, 4) is 0 Å². The van der Waals surface area contributed by atoms with Gasteiger partial charge in [-0.05, 0) is 84.1 Å². The molecule has 0 radical (unpaired) electrons. The number of carbonyl (C=O) groups is 1. The van der Waals surface area contributed by atoms with Gasteiger partial charge in [-0.1, -0.05) is 64.6 Å². The minimum absolute atomic E-state index is 0.0917. The molecule has 0 spiro atoms. The van der Waals surface area contributed by atoms with E-state index < -0.39 is 15.9 Å². The van der Waals surface area contributed by atoms with Crippen molar-refractivity contribution in [2.45, 2.75) is 24.2 Å². The summed E-state index contributed by atoms with van der Waals surface area (Å²) in [5.41, 5.74) is 2.74. The zero-order valence-electron chi connectivity index (χ0n) is 19.5. The summed E-state index contributed by atoms with van der Waals surface area (Å²) in [6.45, 7) is 0. The fraction of sp³-hybridized carbons (Fsp3) is 0.111. The number of nitrogens with zero attached hydrogens (tertiary/aromatic N) is 1. The van der Waals surface area contributed by atoms with Crippen molar-refractivity contribution in [3.05, 3.63) is 127 Å². The third-order valence-electron chi connectivity index (χ3n) is 5.63. The SMILES string of the molecule is O=C(NS(=O)(=O)c1cc(Cl)cc(Cl)c1)c1cccc(Cc2cc(Cl)ccc2CCc2ccc(Cl)cc2F)n1. The molecule has 0 aliphatic rings. The van der Waals surface area contributed by atoms with Gasteiger partial charge in [0.25, 0.3) is 15.9 Å². The molecule has 1 heterocycles. The molecular formula is C27H19Cl4FN2O3S. The van der Waals surface area contributed by atoms with Crippen LogP contribution in [0.25, 0.3) is 0 Å². The van der Waals surface area contributed by atoms with E-state index in [2.05, 4.69) is 4.98 Å². The van der Waals surface area contributed by atoms with E-state index in [1.165, 1.54) is 30.3 Å². The van der Waals surface area contributed by atoms with Crippen LogP contribution in [0.15, 0.2) is 77.7 Å². The molecule has 0 aliphatic heterocycles. The Balaban J connectivity index is 1.52. The number of hydrogen-bond donors (Lipinski definition) is 1. The molecule has 3 aromatic carbocycles. The average Bonchev–Trinajstić information content (AvgIpc) is 2.84. The first-order chi connectivity index (χ1) is 18.0. The monoisotopic (exact) mass is 610 g/mol. The highest BCUT2D eigenvalue weighted by Gasteiger charge is 2.21. The number of rotatable bonds is 8. The molecule has 1 aromatic heterocycles. The topological polar surface area (TPSA) is 76.1 Å². The number of pyridine rings is 1. The van der Waals surface area contributed by atoms with Crippen LogP contribution >= 0.6 is 46.4 Å². The molecule has 196 valence electrons. The second-order valence-electron chi connectivity index (χ2n) is 8.38. The lowest BCUT2D eigenvalue weighted by atomic mass is 9.96. The molecule has 1 N–H and O–H groups in total. The molecule has 0 aliphatic carbocycles. The van der Waals surface area contributed by atoms with Crippen LogP contribution in [0.1, 0.15) is 32.9 Å². The highest BCUT2D eigenvalue weighted by atomic mass is 35.5. The normalized spacial score (nSPS) is 11.4. The lowest BCUT2D eigenvalue weighted by molar-refractivity contribution is 0.0976. The molecule has 4 rings (SSSR count). The van der Waals surface area contributed by atoms with Crippen molar-refractivity contribution in [1.29, 1.82) is 0 Å². The van der Waals surface area contributed by atoms with Crippen LogP contribution in [0, 0.1) is 5.82 Å². The summed E-state index contributed by atoms with van der Waals surface area (Å²) in [5.74, 6) is -1.28. The van der Waals surface area contributed by atoms with Gasteiger partial charge in [0, 0.05) is 32.2 Å². The summed E-state index contributed by atoms with van der Waals surface area (Å²) in [5, 5.41) is 1.07. The smallest absolute Gasteiger partial charge is 0.266 e. The number of carbonyl (C=O) groups excluding carboxylic acids is 1. The Kier molecular flexibility index (Phi) is 8.96. The fourth-order valence-corrected chi connectivity index (χ4v) is 5.85. The van der Waals surface area contributed by atoms with Crippen LogP contribution in [-0.2, 0) is 29.3 Å². The van der Waals surface area contributed by atoms with Crippen molar-refractivity contribution in [2.24, 2.45) is 0 Å². The first kappa shape index (κ1) is 28.3. The number of amides is 1. The number of hydrogen-bond acceptors (Lipinski definition) is 4. The molecule has 0 bridgehead atoms. The van der Waals surface area contributed by atoms with Gasteiger partial charge in [0.05, 0.1) is 4.90 Å². The lowest BCUT2D eigenvalue weighted by Gasteiger charge is -2.12. The molecule has 4 aromatic rings. The number of aromatic nitrogens is 1. The summed E-state index contributed by atoms with van der Waals surface area (Å²) < 4.78 is 41.6. The van der Waals surface area contributed by atoms with Crippen molar-refractivity contribution < 1.29 is 17.6 Å². The van der Waals surface area contributed by atoms with Gasteiger partial charge < -0.3 is 0 Å². The van der Waals surface area contributed by atoms with Gasteiger partial charge in [0.15, 0.2) is 0 Å². The van der Waals surface area contributed by atoms with E-state index in [9.17, 15) is 17.6 Å². The summed E-state index contributed by atoms with van der Waals surface area (Å²) in [6.07, 6.45) is 1.29. The van der Waals surface area contributed by atoms with E-state index in [0.29, 0.717) is 40.6 Å². The molecule has 0 unspecified atom stereocenters. The number of aryl methyl sites for hydroxylation is 2. The molecule has 11 heteroatoms. The van der Waals surface area contributed by atoms with E-state index >= 15 is 0 Å². The molecule has 38 heavy (non-hydrogen) atoms. The first-order valence-corrected chi connectivity index (χ1v) is 14.2. The molecule has 0 atom stereocenters. The average molecular weight is 612 g/mol. The fourth-order valence-electron chi connectivity index (χ4n) is 3.81. The zero-order valence-corrected chi connectivity index (χ0v) is 23.4. The minimum Gasteiger partial charge on any atom is -0.266 e. The van der Waals surface area contributed by atoms with Gasteiger partial charge in [0.2, 0.25) is 0 Å². The van der Waals surface area contributed by atoms with E-state index in [4.69, 9.17) is 46.4 Å². The molecule has 0 saturated carbocycles. The molecule has 0 fully saturated rings. The van der Waals surface area contributed by atoms with Gasteiger partial charge >= 0.3 is 0 Å². The number of nitrogens with one attached hydrogen (secondary N) is 1. The van der Waals surface area contributed by atoms with E-state index in [1.807, 2.05) is 10.8 Å². The van der Waals surface area contributed by atoms with Crippen LogP contribution in [-0.4, -0.2) is 19.3 Å². The standard InChI is InChI=1S/C27H19Cl4FN2O3S/c28-19-8-6-16(4-5-17-7-9-20(29)15-25(17)32)18(10-19)11-23-2-1-3-26(33-23)27(35)34-38(36,37)24-13-21(30)12-22(31)14-24/h1-3,6-10,12-15H,4-5,11H2,(H,34,35). The quantitative estimate of drug-likeness (QED) is 0.226. The summed E-state index contributed by atoms with van der Waals surface area (Å²) >= 11 is 23.9. The van der Waals surface area contributed by atoms with Crippen molar-refractivity contribution in [2.75, 3.05) is 0 Å². The Morgan fingerprint density at radius 3 is 2.08 bits per heavy atom. The molecule has 0 saturated heterocycles. The Morgan fingerprint density at radius 2 is 1.39 bits per heavy atom. The highest BCUT2D eigenvalue weighted by Crippen LogP contribution is 2.24. The van der Waals surface area contributed by atoms with Crippen LogP contribution in [0.3, 0.4) is 0 Å². The Morgan fingerprint density at radius 1 is 0.763 bits per heavy atom. The van der Waals surface area contributed by atoms with Gasteiger partial charge in [0.1, 0.15) is 11.5 Å². The molecule has 5 nitrogen and oxygen atoms in total. The van der Waals surface area contributed by atoms with Gasteiger partial charge in [-0.2, -0.15) is 0 Å². The Bertz CT molecular complexity index is 1610. The van der Waals surface area contributed by atoms with Crippen LogP contribution in [0.2, 0.25) is 20.1 Å². The number of sulfonamides is 1. The van der Waals surface area contributed by atoms with E-state index in [-0.39, 0.29) is 26.5 Å². The van der Waals surface area contributed by atoms with Gasteiger partial charge in [-0.15, -0.1) is 0 Å². The predicted molar refractivity (Wildman–Crippen MR) is 148 cm³/mol.